The number of para-hydroxylation sites is 1. The number of carbonyl (C=O) groups is 1. The first kappa shape index (κ1) is 16.4. The van der Waals surface area contributed by atoms with Crippen molar-refractivity contribution in [1.82, 2.24) is 19.9 Å². The van der Waals surface area contributed by atoms with Gasteiger partial charge in [0.1, 0.15) is 11.3 Å². The lowest BCUT2D eigenvalue weighted by Crippen LogP contribution is -2.39. The maximum Gasteiger partial charge on any atom is 0.250 e. The summed E-state index contributed by atoms with van der Waals surface area (Å²) >= 11 is 0. The smallest absolute Gasteiger partial charge is 0.250 e. The van der Waals surface area contributed by atoms with Gasteiger partial charge in [0.25, 0.3) is 5.91 Å². The standard InChI is InChI=1S/C21H23N5O/c22-20(27)15-6-2-7-17-19(15)25-21(24-17)13-9-10-16(23-12-13)18-8-3-11-26(18)14-4-1-5-14/h2,6-7,9-10,12,14,18H,1,3-5,8,11H2,(H2,22,27)(H,24,25). The highest BCUT2D eigenvalue weighted by molar-refractivity contribution is 6.04. The highest BCUT2D eigenvalue weighted by atomic mass is 16.1. The van der Waals surface area contributed by atoms with Crippen LogP contribution in [0.15, 0.2) is 36.5 Å². The van der Waals surface area contributed by atoms with Crippen LogP contribution in [0.1, 0.15) is 54.2 Å². The zero-order valence-corrected chi connectivity index (χ0v) is 15.2. The number of imidazole rings is 1. The number of hydrogen-bond acceptors (Lipinski definition) is 4. The Kier molecular flexibility index (Phi) is 3.93. The summed E-state index contributed by atoms with van der Waals surface area (Å²) in [5.41, 5.74) is 9.37. The fraction of sp³-hybridized carbons (Fsp3) is 0.381. The number of hydrogen-bond donors (Lipinski definition) is 2. The van der Waals surface area contributed by atoms with Crippen LogP contribution >= 0.6 is 0 Å². The molecule has 6 nitrogen and oxygen atoms in total. The summed E-state index contributed by atoms with van der Waals surface area (Å²) in [5.74, 6) is 0.240. The highest BCUT2D eigenvalue weighted by Crippen LogP contribution is 2.38. The third-order valence-electron chi connectivity index (χ3n) is 6.02. The molecule has 1 amide bonds. The number of nitrogens with zero attached hydrogens (tertiary/aromatic N) is 3. The Morgan fingerprint density at radius 1 is 1.15 bits per heavy atom. The van der Waals surface area contributed by atoms with Crippen molar-refractivity contribution in [3.63, 3.8) is 0 Å². The number of H-pyrrole nitrogens is 1. The third kappa shape index (κ3) is 2.80. The molecule has 138 valence electrons. The molecule has 1 aliphatic heterocycles. The number of amides is 1. The van der Waals surface area contributed by atoms with Gasteiger partial charge in [-0.05, 0) is 56.5 Å². The Morgan fingerprint density at radius 3 is 2.74 bits per heavy atom. The normalized spacial score (nSPS) is 20.8. The summed E-state index contributed by atoms with van der Waals surface area (Å²) in [7, 11) is 0. The lowest BCUT2D eigenvalue weighted by Gasteiger charge is -2.38. The number of benzene rings is 1. The van der Waals surface area contributed by atoms with Crippen LogP contribution in [0.2, 0.25) is 0 Å². The molecule has 0 spiro atoms. The Hall–Kier alpha value is -2.73. The molecule has 5 rings (SSSR count). The van der Waals surface area contributed by atoms with E-state index in [1.165, 1.54) is 38.6 Å². The Balaban J connectivity index is 1.44. The third-order valence-corrected chi connectivity index (χ3v) is 6.02. The molecule has 1 saturated carbocycles. The van der Waals surface area contributed by atoms with E-state index in [2.05, 4.69) is 27.0 Å². The highest BCUT2D eigenvalue weighted by Gasteiger charge is 2.35. The Bertz CT molecular complexity index is 989. The van der Waals surface area contributed by atoms with Crippen LogP contribution in [0.25, 0.3) is 22.4 Å². The second-order valence-corrected chi connectivity index (χ2v) is 7.60. The number of carbonyl (C=O) groups excluding carboxylic acids is 1. The minimum atomic E-state index is -0.468. The van der Waals surface area contributed by atoms with E-state index in [9.17, 15) is 4.79 Å². The quantitative estimate of drug-likeness (QED) is 0.745. The molecule has 1 saturated heterocycles. The molecule has 2 aromatic heterocycles. The van der Waals surface area contributed by atoms with E-state index < -0.39 is 5.91 Å². The van der Waals surface area contributed by atoms with E-state index in [1.54, 1.807) is 12.1 Å². The number of nitrogens with two attached hydrogens (primary N) is 1. The van der Waals surface area contributed by atoms with Crippen LogP contribution in [0.5, 0.6) is 0 Å². The van der Waals surface area contributed by atoms with Crippen molar-refractivity contribution >= 4 is 16.9 Å². The summed E-state index contributed by atoms with van der Waals surface area (Å²) in [6.07, 6.45) is 8.35. The van der Waals surface area contributed by atoms with Gasteiger partial charge in [0.2, 0.25) is 0 Å². The molecule has 1 aliphatic carbocycles. The number of aromatic nitrogens is 3. The number of pyridine rings is 1. The number of likely N-dealkylation sites (tertiary alicyclic amines) is 1. The van der Waals surface area contributed by atoms with E-state index >= 15 is 0 Å². The Morgan fingerprint density at radius 2 is 2.04 bits per heavy atom. The van der Waals surface area contributed by atoms with Crippen LogP contribution in [-0.4, -0.2) is 38.3 Å². The molecule has 3 aromatic rings. The fourth-order valence-electron chi connectivity index (χ4n) is 4.37. The molecule has 27 heavy (non-hydrogen) atoms. The fourth-order valence-corrected chi connectivity index (χ4v) is 4.37. The van der Waals surface area contributed by atoms with Crippen molar-refractivity contribution in [2.45, 2.75) is 44.2 Å². The summed E-state index contributed by atoms with van der Waals surface area (Å²) in [5, 5.41) is 0. The van der Waals surface area contributed by atoms with Gasteiger partial charge >= 0.3 is 0 Å². The molecule has 3 heterocycles. The molecule has 0 bridgehead atoms. The van der Waals surface area contributed by atoms with E-state index in [1.807, 2.05) is 12.3 Å². The van der Waals surface area contributed by atoms with Crippen molar-refractivity contribution in [3.8, 4) is 11.4 Å². The number of rotatable bonds is 4. The van der Waals surface area contributed by atoms with Crippen molar-refractivity contribution in [2.75, 3.05) is 6.54 Å². The SMILES string of the molecule is NC(=O)c1cccc2[nH]c(-c3ccc(C4CCCN4C4CCC4)nc3)nc12. The first-order valence-corrected chi connectivity index (χ1v) is 9.71. The molecular formula is C21H23N5O. The molecule has 2 aliphatic rings. The zero-order chi connectivity index (χ0) is 18.4. The van der Waals surface area contributed by atoms with Crippen LogP contribution in [0, 0.1) is 0 Å². The molecule has 1 unspecified atom stereocenters. The van der Waals surface area contributed by atoms with Gasteiger partial charge in [-0.25, -0.2) is 4.98 Å². The first-order valence-electron chi connectivity index (χ1n) is 9.71. The van der Waals surface area contributed by atoms with Gasteiger partial charge in [-0.3, -0.25) is 14.7 Å². The topological polar surface area (TPSA) is 87.9 Å². The molecule has 3 N–H and O–H groups in total. The number of nitrogens with one attached hydrogen (secondary N) is 1. The van der Waals surface area contributed by atoms with E-state index in [-0.39, 0.29) is 0 Å². The van der Waals surface area contributed by atoms with Crippen LogP contribution in [0.3, 0.4) is 0 Å². The number of aromatic amines is 1. The van der Waals surface area contributed by atoms with Gasteiger partial charge in [-0.1, -0.05) is 12.5 Å². The van der Waals surface area contributed by atoms with Crippen LogP contribution in [0.4, 0.5) is 0 Å². The van der Waals surface area contributed by atoms with Gasteiger partial charge in [0.15, 0.2) is 0 Å². The predicted octanol–water partition coefficient (Wildman–Crippen LogP) is 3.41. The lowest BCUT2D eigenvalue weighted by molar-refractivity contribution is 0.100. The average Bonchev–Trinajstić information content (AvgIpc) is 3.27. The molecule has 2 fully saturated rings. The Labute approximate surface area is 157 Å². The monoisotopic (exact) mass is 361 g/mol. The summed E-state index contributed by atoms with van der Waals surface area (Å²) in [6, 6.07) is 10.8. The summed E-state index contributed by atoms with van der Waals surface area (Å²) in [4.78, 5) is 26.9. The van der Waals surface area contributed by atoms with Crippen LogP contribution < -0.4 is 5.73 Å². The molecular weight excluding hydrogens is 338 g/mol. The minimum Gasteiger partial charge on any atom is -0.366 e. The van der Waals surface area contributed by atoms with Gasteiger partial charge in [0, 0.05) is 17.8 Å². The van der Waals surface area contributed by atoms with Gasteiger partial charge < -0.3 is 10.7 Å². The van der Waals surface area contributed by atoms with Gasteiger partial charge in [-0.15, -0.1) is 0 Å². The maximum absolute atomic E-state index is 11.6. The van der Waals surface area contributed by atoms with Crippen molar-refractivity contribution in [1.29, 1.82) is 0 Å². The number of fused-ring (bicyclic) bond motifs is 1. The molecule has 6 heteroatoms. The average molecular weight is 361 g/mol. The van der Waals surface area contributed by atoms with Crippen molar-refractivity contribution < 1.29 is 4.79 Å². The minimum absolute atomic E-state index is 0.432. The second-order valence-electron chi connectivity index (χ2n) is 7.60. The van der Waals surface area contributed by atoms with Gasteiger partial charge in [-0.2, -0.15) is 0 Å². The summed E-state index contributed by atoms with van der Waals surface area (Å²) in [6.45, 7) is 1.19. The second kappa shape index (κ2) is 6.46. The van der Waals surface area contributed by atoms with E-state index in [0.717, 1.165) is 22.8 Å². The largest absolute Gasteiger partial charge is 0.366 e. The van der Waals surface area contributed by atoms with E-state index in [0.29, 0.717) is 22.9 Å². The van der Waals surface area contributed by atoms with Crippen molar-refractivity contribution in [2.24, 2.45) is 5.73 Å². The maximum atomic E-state index is 11.6. The van der Waals surface area contributed by atoms with Gasteiger partial charge in [0.05, 0.1) is 22.8 Å². The molecule has 0 radical (unpaired) electrons. The summed E-state index contributed by atoms with van der Waals surface area (Å²) < 4.78 is 0. The first-order chi connectivity index (χ1) is 13.2. The molecule has 1 aromatic carbocycles. The zero-order valence-electron chi connectivity index (χ0n) is 15.2. The predicted molar refractivity (Wildman–Crippen MR) is 104 cm³/mol. The van der Waals surface area contributed by atoms with Crippen molar-refractivity contribution in [3.05, 3.63) is 47.8 Å². The van der Waals surface area contributed by atoms with E-state index in [4.69, 9.17) is 10.7 Å². The molecule has 1 atom stereocenters. The van der Waals surface area contributed by atoms with Crippen LogP contribution in [-0.2, 0) is 0 Å². The number of primary amides is 1. The lowest BCUT2D eigenvalue weighted by atomic mass is 9.90.